The van der Waals surface area contributed by atoms with Gasteiger partial charge >= 0.3 is 6.03 Å². The first-order valence-electron chi connectivity index (χ1n) is 10.5. The zero-order valence-corrected chi connectivity index (χ0v) is 21.8. The van der Waals surface area contributed by atoms with Gasteiger partial charge in [0.2, 0.25) is 0 Å². The monoisotopic (exact) mass is 574 g/mol. The van der Waals surface area contributed by atoms with Gasteiger partial charge in [0.05, 0.1) is 19.9 Å². The van der Waals surface area contributed by atoms with Gasteiger partial charge in [-0.25, -0.2) is 10.2 Å². The number of hydrogen-bond donors (Lipinski definition) is 2. The van der Waals surface area contributed by atoms with E-state index in [1.54, 1.807) is 48.5 Å². The van der Waals surface area contributed by atoms with Gasteiger partial charge in [0.25, 0.3) is 11.6 Å². The Morgan fingerprint density at radius 3 is 2.57 bits per heavy atom. The number of carbonyl (C=O) groups is 2. The van der Waals surface area contributed by atoms with Gasteiger partial charge in [-0.3, -0.25) is 14.9 Å². The van der Waals surface area contributed by atoms with Gasteiger partial charge in [-0.1, -0.05) is 47.1 Å². The molecule has 188 valence electrons. The molecule has 9 nitrogen and oxygen atoms in total. The van der Waals surface area contributed by atoms with Crippen LogP contribution in [-0.2, 0) is 11.4 Å². The Balaban J connectivity index is 1.38. The van der Waals surface area contributed by atoms with Crippen molar-refractivity contribution in [3.8, 4) is 5.75 Å². The first kappa shape index (κ1) is 26.4. The van der Waals surface area contributed by atoms with Crippen molar-refractivity contribution in [2.75, 3.05) is 5.32 Å². The Morgan fingerprint density at radius 2 is 1.86 bits per heavy atom. The number of thioether (sulfide) groups is 1. The molecular weight excluding hydrogens is 559 g/mol. The second kappa shape index (κ2) is 11.6. The van der Waals surface area contributed by atoms with E-state index in [2.05, 4.69) is 10.7 Å². The highest BCUT2D eigenvalue weighted by Crippen LogP contribution is 2.32. The number of amides is 3. The molecule has 0 atom stereocenters. The zero-order chi connectivity index (χ0) is 26.5. The number of nitrogens with zero attached hydrogens (tertiary/aromatic N) is 2. The third-order valence-corrected chi connectivity index (χ3v) is 6.93. The molecule has 1 aliphatic heterocycles. The molecule has 0 radical (unpaired) electrons. The number of nitrogens with one attached hydrogen (secondary N) is 2. The van der Waals surface area contributed by atoms with Crippen LogP contribution in [0.3, 0.4) is 0 Å². The predicted octanol–water partition coefficient (Wildman–Crippen LogP) is 6.42. The summed E-state index contributed by atoms with van der Waals surface area (Å²) < 4.78 is 5.94. The fraction of sp³-hybridized carbons (Fsp3) is 0.0417. The molecule has 3 amide bonds. The van der Waals surface area contributed by atoms with Crippen molar-refractivity contribution in [3.63, 3.8) is 0 Å². The molecule has 1 aliphatic rings. The molecule has 2 N–H and O–H groups in total. The highest BCUT2D eigenvalue weighted by Gasteiger charge is 2.33. The minimum Gasteiger partial charge on any atom is -0.489 e. The van der Waals surface area contributed by atoms with Crippen molar-refractivity contribution in [2.24, 2.45) is 0 Å². The maximum atomic E-state index is 12.9. The van der Waals surface area contributed by atoms with Gasteiger partial charge in [-0.15, -0.1) is 0 Å². The van der Waals surface area contributed by atoms with Crippen molar-refractivity contribution in [1.29, 1.82) is 0 Å². The maximum Gasteiger partial charge on any atom is 0.338 e. The summed E-state index contributed by atoms with van der Waals surface area (Å²) in [5, 5.41) is 14.9. The van der Waals surface area contributed by atoms with Gasteiger partial charge in [0.15, 0.2) is 4.32 Å². The number of thiocarbonyl (C=S) groups is 1. The molecule has 0 spiro atoms. The number of rotatable bonds is 7. The topological polar surface area (TPSA) is 114 Å². The van der Waals surface area contributed by atoms with Crippen LogP contribution in [0.15, 0.2) is 71.6 Å². The summed E-state index contributed by atoms with van der Waals surface area (Å²) in [6, 6.07) is 17.0. The van der Waals surface area contributed by atoms with Gasteiger partial charge in [0, 0.05) is 17.8 Å². The molecule has 13 heteroatoms. The third kappa shape index (κ3) is 6.77. The van der Waals surface area contributed by atoms with Gasteiger partial charge in [0.1, 0.15) is 12.4 Å². The molecule has 3 aromatic rings. The van der Waals surface area contributed by atoms with Crippen LogP contribution in [0.4, 0.5) is 16.2 Å². The molecular formula is C24H16Cl2N4O5S2. The molecule has 0 aromatic heterocycles. The van der Waals surface area contributed by atoms with E-state index in [1.807, 2.05) is 0 Å². The highest BCUT2D eigenvalue weighted by molar-refractivity contribution is 8.26. The number of benzene rings is 3. The van der Waals surface area contributed by atoms with Crippen LogP contribution in [0.5, 0.6) is 5.75 Å². The Labute approximate surface area is 230 Å². The van der Waals surface area contributed by atoms with Crippen LogP contribution in [-0.4, -0.2) is 26.2 Å². The largest absolute Gasteiger partial charge is 0.489 e. The summed E-state index contributed by atoms with van der Waals surface area (Å²) in [5.74, 6) is 0.0539. The lowest BCUT2D eigenvalue weighted by Gasteiger charge is -2.16. The maximum absolute atomic E-state index is 12.9. The summed E-state index contributed by atoms with van der Waals surface area (Å²) >= 11 is 18.1. The number of halogens is 2. The van der Waals surface area contributed by atoms with Crippen molar-refractivity contribution in [1.82, 2.24) is 10.4 Å². The predicted molar refractivity (Wildman–Crippen MR) is 147 cm³/mol. The number of anilines is 1. The minimum absolute atomic E-state index is 0.00408. The second-order valence-corrected chi connectivity index (χ2v) is 9.99. The standard InChI is InChI=1S/C24H16Cl2N4O5S2/c25-19-9-6-16(12-20(19)26)27-23(32)28-29-22(31)21(37-24(29)36)11-15-2-1-3-18(10-15)35-13-14-4-7-17(8-5-14)30(33)34/h1-12H,13H2,(H2,27,28,32)/b21-11+. The van der Waals surface area contributed by atoms with E-state index in [0.29, 0.717) is 26.9 Å². The number of hydrogen-bond acceptors (Lipinski definition) is 7. The Morgan fingerprint density at radius 1 is 1.11 bits per heavy atom. The van der Waals surface area contributed by atoms with Crippen LogP contribution in [0.2, 0.25) is 10.0 Å². The number of nitro groups is 1. The zero-order valence-electron chi connectivity index (χ0n) is 18.6. The minimum atomic E-state index is -0.683. The number of hydrazine groups is 1. The number of ether oxygens (including phenoxy) is 1. The fourth-order valence-corrected chi connectivity index (χ4v) is 4.60. The summed E-state index contributed by atoms with van der Waals surface area (Å²) in [4.78, 5) is 35.9. The van der Waals surface area contributed by atoms with Crippen LogP contribution in [0.25, 0.3) is 6.08 Å². The Hall–Kier alpha value is -3.64. The summed E-state index contributed by atoms with van der Waals surface area (Å²) in [7, 11) is 0. The van der Waals surface area contributed by atoms with E-state index < -0.39 is 16.9 Å². The van der Waals surface area contributed by atoms with Crippen molar-refractivity contribution in [3.05, 3.63) is 103 Å². The molecule has 1 saturated heterocycles. The van der Waals surface area contributed by atoms with Gasteiger partial charge in [-0.05, 0) is 71.9 Å². The molecule has 0 saturated carbocycles. The second-order valence-electron chi connectivity index (χ2n) is 7.50. The van der Waals surface area contributed by atoms with Crippen LogP contribution < -0.4 is 15.5 Å². The highest BCUT2D eigenvalue weighted by atomic mass is 35.5. The van der Waals surface area contributed by atoms with E-state index >= 15 is 0 Å². The SMILES string of the molecule is O=C(Nc1ccc(Cl)c(Cl)c1)NN1C(=O)/C(=C\c2cccc(OCc3ccc([N+](=O)[O-])cc3)c2)SC1=S. The van der Waals surface area contributed by atoms with Crippen LogP contribution in [0.1, 0.15) is 11.1 Å². The normalized spacial score (nSPS) is 14.1. The lowest BCUT2D eigenvalue weighted by molar-refractivity contribution is -0.384. The third-order valence-electron chi connectivity index (χ3n) is 4.89. The Kier molecular flexibility index (Phi) is 8.29. The van der Waals surface area contributed by atoms with Gasteiger partial charge in [-0.2, -0.15) is 5.01 Å². The quantitative estimate of drug-likeness (QED) is 0.145. The van der Waals surface area contributed by atoms with Crippen molar-refractivity contribution >= 4 is 80.9 Å². The molecule has 1 fully saturated rings. The fourth-order valence-electron chi connectivity index (χ4n) is 3.12. The number of carbonyl (C=O) groups excluding carboxylic acids is 2. The van der Waals surface area contributed by atoms with E-state index in [0.717, 1.165) is 22.3 Å². The molecule has 0 bridgehead atoms. The first-order valence-corrected chi connectivity index (χ1v) is 12.4. The number of non-ortho nitro benzene ring substituents is 1. The van der Waals surface area contributed by atoms with E-state index in [1.165, 1.54) is 24.3 Å². The number of nitro benzene ring substituents is 1. The van der Waals surface area contributed by atoms with E-state index in [4.69, 9.17) is 40.2 Å². The Bertz CT molecular complexity index is 1430. The lowest BCUT2D eigenvalue weighted by Crippen LogP contribution is -2.46. The summed E-state index contributed by atoms with van der Waals surface area (Å²) in [6.45, 7) is 0.210. The van der Waals surface area contributed by atoms with Crippen molar-refractivity contribution < 1.29 is 19.2 Å². The smallest absolute Gasteiger partial charge is 0.338 e. The molecule has 1 heterocycles. The van der Waals surface area contributed by atoms with E-state index in [-0.39, 0.29) is 21.6 Å². The van der Waals surface area contributed by atoms with Crippen LogP contribution >= 0.6 is 47.2 Å². The van der Waals surface area contributed by atoms with Crippen LogP contribution in [0, 0.1) is 10.1 Å². The summed E-state index contributed by atoms with van der Waals surface area (Å²) in [6.07, 6.45) is 1.64. The van der Waals surface area contributed by atoms with Crippen molar-refractivity contribution in [2.45, 2.75) is 6.61 Å². The molecule has 3 aromatic carbocycles. The average Bonchev–Trinajstić information content (AvgIpc) is 3.12. The van der Waals surface area contributed by atoms with E-state index in [9.17, 15) is 19.7 Å². The molecule has 4 rings (SSSR count). The molecule has 0 aliphatic carbocycles. The lowest BCUT2D eigenvalue weighted by atomic mass is 10.2. The summed E-state index contributed by atoms with van der Waals surface area (Å²) in [5.41, 5.74) is 4.27. The average molecular weight is 575 g/mol. The number of urea groups is 1. The first-order chi connectivity index (χ1) is 17.7. The molecule has 0 unspecified atom stereocenters. The van der Waals surface area contributed by atoms with Gasteiger partial charge < -0.3 is 10.1 Å². The molecule has 37 heavy (non-hydrogen) atoms.